The first kappa shape index (κ1) is 11.7. The quantitative estimate of drug-likeness (QED) is 0.472. The lowest BCUT2D eigenvalue weighted by Crippen LogP contribution is -2.09. The third kappa shape index (κ3) is 2.47. The van der Waals surface area contributed by atoms with Gasteiger partial charge < -0.3 is 10.2 Å². The molecule has 4 heteroatoms. The van der Waals surface area contributed by atoms with E-state index in [4.69, 9.17) is 10.6 Å². The Kier molecular flexibility index (Phi) is 3.77. The fourth-order valence-corrected chi connectivity index (χ4v) is 1.72. The molecule has 0 saturated carbocycles. The van der Waals surface area contributed by atoms with E-state index in [0.717, 1.165) is 36.0 Å². The zero-order chi connectivity index (χ0) is 12.1. The molecular weight excluding hydrogens is 214 g/mol. The third-order valence-corrected chi connectivity index (χ3v) is 2.65. The van der Waals surface area contributed by atoms with E-state index < -0.39 is 0 Å². The maximum absolute atomic E-state index is 5.73. The highest BCUT2D eigenvalue weighted by atomic mass is 16.5. The molecule has 1 aromatic heterocycles. The van der Waals surface area contributed by atoms with Crippen LogP contribution < -0.4 is 16.0 Å². The molecule has 1 aromatic carbocycles. The smallest absolute Gasteiger partial charge is 0.148 e. The summed E-state index contributed by atoms with van der Waals surface area (Å²) in [5.41, 5.74) is 2.60. The lowest BCUT2D eigenvalue weighted by atomic mass is 10.1. The Morgan fingerprint density at radius 3 is 2.76 bits per heavy atom. The summed E-state index contributed by atoms with van der Waals surface area (Å²) in [5.74, 6) is 6.92. The van der Waals surface area contributed by atoms with Gasteiger partial charge in [-0.1, -0.05) is 37.6 Å². The van der Waals surface area contributed by atoms with Crippen molar-refractivity contribution in [2.75, 3.05) is 12.0 Å². The van der Waals surface area contributed by atoms with Crippen LogP contribution in [-0.4, -0.2) is 11.6 Å². The lowest BCUT2D eigenvalue weighted by Gasteiger charge is -2.10. The third-order valence-electron chi connectivity index (χ3n) is 2.65. The predicted molar refractivity (Wildman–Crippen MR) is 70.0 cm³/mol. The van der Waals surface area contributed by atoms with Crippen LogP contribution in [0, 0.1) is 0 Å². The van der Waals surface area contributed by atoms with Gasteiger partial charge in [-0.2, -0.15) is 0 Å². The average molecular weight is 231 g/mol. The number of nitrogens with one attached hydrogen (secondary N) is 1. The van der Waals surface area contributed by atoms with Gasteiger partial charge in [-0.3, -0.25) is 0 Å². The Hall–Kier alpha value is -1.81. The van der Waals surface area contributed by atoms with Crippen LogP contribution in [0.5, 0.6) is 5.75 Å². The van der Waals surface area contributed by atoms with Crippen LogP contribution in [0.2, 0.25) is 0 Å². The van der Waals surface area contributed by atoms with Gasteiger partial charge in [-0.25, -0.2) is 10.8 Å². The van der Waals surface area contributed by atoms with Gasteiger partial charge in [0.25, 0.3) is 0 Å². The maximum Gasteiger partial charge on any atom is 0.148 e. The van der Waals surface area contributed by atoms with E-state index in [1.165, 1.54) is 0 Å². The normalized spacial score (nSPS) is 10.5. The Balaban J connectivity index is 2.37. The zero-order valence-electron chi connectivity index (χ0n) is 9.94. The molecule has 0 saturated heterocycles. The van der Waals surface area contributed by atoms with Gasteiger partial charge in [0.1, 0.15) is 11.6 Å². The molecule has 2 aromatic rings. The van der Waals surface area contributed by atoms with E-state index in [-0.39, 0.29) is 0 Å². The van der Waals surface area contributed by atoms with Crippen LogP contribution in [0.1, 0.15) is 19.8 Å². The van der Waals surface area contributed by atoms with E-state index in [9.17, 15) is 0 Å². The molecule has 17 heavy (non-hydrogen) atoms. The largest absolute Gasteiger partial charge is 0.491 e. The van der Waals surface area contributed by atoms with Crippen LogP contribution in [0.3, 0.4) is 0 Å². The number of hydrogen-bond acceptors (Lipinski definition) is 4. The molecule has 3 N–H and O–H groups in total. The van der Waals surface area contributed by atoms with Crippen molar-refractivity contribution < 1.29 is 4.74 Å². The van der Waals surface area contributed by atoms with Crippen LogP contribution in [0.4, 0.5) is 5.82 Å². The number of hydrazine groups is 1. The fourth-order valence-electron chi connectivity index (χ4n) is 1.72. The number of aromatic nitrogens is 1. The molecule has 0 atom stereocenters. The van der Waals surface area contributed by atoms with Crippen molar-refractivity contribution in [3.8, 4) is 5.75 Å². The fraction of sp³-hybridized carbons (Fsp3) is 0.308. The number of nitrogens with zero attached hydrogens (tertiary/aromatic N) is 1. The number of ether oxygens (including phenoxy) is 1. The highest BCUT2D eigenvalue weighted by molar-refractivity contribution is 5.95. The van der Waals surface area contributed by atoms with Crippen molar-refractivity contribution >= 4 is 16.6 Å². The van der Waals surface area contributed by atoms with Crippen molar-refractivity contribution in [3.05, 3.63) is 30.5 Å². The minimum absolute atomic E-state index is 0.670. The molecular formula is C13H17N3O. The van der Waals surface area contributed by atoms with E-state index in [1.807, 2.05) is 24.3 Å². The van der Waals surface area contributed by atoms with Gasteiger partial charge in [0.05, 0.1) is 12.8 Å². The number of anilines is 1. The monoisotopic (exact) mass is 231 g/mol. The summed E-state index contributed by atoms with van der Waals surface area (Å²) in [6, 6.07) is 7.93. The van der Waals surface area contributed by atoms with Gasteiger partial charge in [-0.15, -0.1) is 0 Å². The molecule has 0 amide bonds. The summed E-state index contributed by atoms with van der Waals surface area (Å²) >= 11 is 0. The second kappa shape index (κ2) is 5.50. The minimum atomic E-state index is 0.670. The number of unbranched alkanes of at least 4 members (excludes halogenated alkanes) is 1. The minimum Gasteiger partial charge on any atom is -0.491 e. The molecule has 0 bridgehead atoms. The van der Waals surface area contributed by atoms with Crippen molar-refractivity contribution in [2.24, 2.45) is 5.84 Å². The highest BCUT2D eigenvalue weighted by Crippen LogP contribution is 2.28. The highest BCUT2D eigenvalue weighted by Gasteiger charge is 2.06. The summed E-state index contributed by atoms with van der Waals surface area (Å²) in [6.45, 7) is 2.86. The first-order valence-electron chi connectivity index (χ1n) is 5.84. The van der Waals surface area contributed by atoms with Gasteiger partial charge in [0, 0.05) is 10.8 Å². The molecule has 0 radical (unpaired) electrons. The molecule has 90 valence electrons. The lowest BCUT2D eigenvalue weighted by molar-refractivity contribution is 0.312. The molecule has 0 unspecified atom stereocenters. The summed E-state index contributed by atoms with van der Waals surface area (Å²) in [4.78, 5) is 4.24. The molecule has 1 heterocycles. The first-order valence-corrected chi connectivity index (χ1v) is 5.84. The first-order chi connectivity index (χ1) is 8.36. The van der Waals surface area contributed by atoms with Gasteiger partial charge in [0.2, 0.25) is 0 Å². The van der Waals surface area contributed by atoms with Crippen LogP contribution in [0.25, 0.3) is 10.8 Å². The Labute approximate surface area is 101 Å². The van der Waals surface area contributed by atoms with Crippen molar-refractivity contribution in [1.82, 2.24) is 4.98 Å². The number of benzene rings is 1. The Morgan fingerprint density at radius 1 is 1.29 bits per heavy atom. The van der Waals surface area contributed by atoms with Crippen molar-refractivity contribution in [2.45, 2.75) is 19.8 Å². The summed E-state index contributed by atoms with van der Waals surface area (Å²) in [5, 5.41) is 2.01. The van der Waals surface area contributed by atoms with E-state index in [1.54, 1.807) is 6.20 Å². The molecule has 4 nitrogen and oxygen atoms in total. The Morgan fingerprint density at radius 2 is 2.06 bits per heavy atom. The van der Waals surface area contributed by atoms with E-state index >= 15 is 0 Å². The second-order valence-electron chi connectivity index (χ2n) is 3.86. The number of pyridine rings is 1. The molecule has 0 fully saturated rings. The number of fused-ring (bicyclic) bond motifs is 1. The van der Waals surface area contributed by atoms with Crippen LogP contribution >= 0.6 is 0 Å². The standard InChI is InChI=1S/C13H17N3O/c1-2-3-8-17-12-9-15-13(16-14)11-7-5-4-6-10(11)12/h4-7,9H,2-3,8,14H2,1H3,(H,15,16). The number of nitrogen functional groups attached to an aromatic ring is 1. The molecule has 2 rings (SSSR count). The van der Waals surface area contributed by atoms with Crippen molar-refractivity contribution in [1.29, 1.82) is 0 Å². The number of hydrogen-bond donors (Lipinski definition) is 2. The summed E-state index contributed by atoms with van der Waals surface area (Å²) in [7, 11) is 0. The van der Waals surface area contributed by atoms with Crippen LogP contribution in [-0.2, 0) is 0 Å². The topological polar surface area (TPSA) is 60.2 Å². The number of rotatable bonds is 5. The average Bonchev–Trinajstić information content (AvgIpc) is 2.39. The number of nitrogens with two attached hydrogens (primary N) is 1. The molecule has 0 aliphatic rings. The summed E-state index contributed by atoms with van der Waals surface area (Å²) in [6.07, 6.45) is 3.88. The van der Waals surface area contributed by atoms with Crippen LogP contribution in [0.15, 0.2) is 30.5 Å². The maximum atomic E-state index is 5.73. The summed E-state index contributed by atoms with van der Waals surface area (Å²) < 4.78 is 5.73. The van der Waals surface area contributed by atoms with Gasteiger partial charge >= 0.3 is 0 Å². The van der Waals surface area contributed by atoms with Crippen molar-refractivity contribution in [3.63, 3.8) is 0 Å². The van der Waals surface area contributed by atoms with E-state index in [2.05, 4.69) is 17.3 Å². The molecule has 0 aliphatic carbocycles. The molecule has 0 aliphatic heterocycles. The SMILES string of the molecule is CCCCOc1cnc(NN)c2ccccc12. The van der Waals surface area contributed by atoms with E-state index in [0.29, 0.717) is 5.82 Å². The predicted octanol–water partition coefficient (Wildman–Crippen LogP) is 2.70. The van der Waals surface area contributed by atoms with Gasteiger partial charge in [0.15, 0.2) is 0 Å². The zero-order valence-corrected chi connectivity index (χ0v) is 9.94. The molecule has 0 spiro atoms. The second-order valence-corrected chi connectivity index (χ2v) is 3.86. The van der Waals surface area contributed by atoms with Gasteiger partial charge in [-0.05, 0) is 6.42 Å². The Bertz CT molecular complexity index is 499.